The number of nitrogens with zero attached hydrogens (tertiary/aromatic N) is 2. The fourth-order valence-corrected chi connectivity index (χ4v) is 5.04. The van der Waals surface area contributed by atoms with Gasteiger partial charge in [-0.1, -0.05) is 48.0 Å². The molecular formula is C24H25N3O5S. The van der Waals surface area contributed by atoms with Crippen LogP contribution in [-0.4, -0.2) is 25.8 Å². The van der Waals surface area contributed by atoms with Crippen LogP contribution in [0.25, 0.3) is 0 Å². The van der Waals surface area contributed by atoms with Gasteiger partial charge in [-0.3, -0.25) is 19.2 Å². The second-order valence-electron chi connectivity index (χ2n) is 7.75. The number of amides is 1. The number of non-ortho nitro benzene ring substituents is 1. The molecule has 1 atom stereocenters. The molecule has 0 aliphatic carbocycles. The van der Waals surface area contributed by atoms with Crippen molar-refractivity contribution in [1.29, 1.82) is 0 Å². The van der Waals surface area contributed by atoms with Crippen LogP contribution in [0.1, 0.15) is 29.7 Å². The first-order valence-corrected chi connectivity index (χ1v) is 11.7. The van der Waals surface area contributed by atoms with Crippen molar-refractivity contribution in [3.05, 3.63) is 99.6 Å². The molecule has 0 bridgehead atoms. The number of nitro groups is 1. The van der Waals surface area contributed by atoms with E-state index in [-0.39, 0.29) is 22.3 Å². The lowest BCUT2D eigenvalue weighted by atomic mass is 10.0. The minimum Gasteiger partial charge on any atom is -0.348 e. The summed E-state index contributed by atoms with van der Waals surface area (Å²) in [5.74, 6) is -0.534. The molecule has 1 N–H and O–H groups in total. The number of hydrogen-bond donors (Lipinski definition) is 1. The molecule has 3 rings (SSSR count). The van der Waals surface area contributed by atoms with Gasteiger partial charge in [0.2, 0.25) is 5.91 Å². The van der Waals surface area contributed by atoms with Crippen molar-refractivity contribution in [2.75, 3.05) is 10.8 Å². The third kappa shape index (κ3) is 5.56. The first-order chi connectivity index (χ1) is 15.6. The molecule has 0 saturated heterocycles. The van der Waals surface area contributed by atoms with Crippen LogP contribution in [-0.2, 0) is 14.8 Å². The third-order valence-electron chi connectivity index (χ3n) is 5.22. The zero-order valence-electron chi connectivity index (χ0n) is 18.6. The van der Waals surface area contributed by atoms with E-state index in [4.69, 9.17) is 0 Å². The summed E-state index contributed by atoms with van der Waals surface area (Å²) >= 11 is 0. The maximum atomic E-state index is 13.4. The van der Waals surface area contributed by atoms with Gasteiger partial charge in [-0.2, -0.15) is 0 Å². The summed E-state index contributed by atoms with van der Waals surface area (Å²) in [5.41, 5.74) is 2.78. The second-order valence-corrected chi connectivity index (χ2v) is 9.61. The standard InChI is InChI=1S/C24H25N3O5S/c1-17-12-13-23(18(2)14-17)19(3)25-24(28)16-26(20-8-7-9-21(15-20)27(29)30)33(31,32)22-10-5-4-6-11-22/h4-15,19H,16H2,1-3H3,(H,25,28)/t19-/m0/s1. The normalized spacial score (nSPS) is 12.1. The molecule has 0 radical (unpaired) electrons. The lowest BCUT2D eigenvalue weighted by molar-refractivity contribution is -0.384. The second kappa shape index (κ2) is 9.83. The van der Waals surface area contributed by atoms with Crippen molar-refractivity contribution in [2.45, 2.75) is 31.7 Å². The third-order valence-corrected chi connectivity index (χ3v) is 7.00. The van der Waals surface area contributed by atoms with Crippen LogP contribution in [0.4, 0.5) is 11.4 Å². The highest BCUT2D eigenvalue weighted by molar-refractivity contribution is 7.92. The van der Waals surface area contributed by atoms with Crippen LogP contribution in [0.5, 0.6) is 0 Å². The molecule has 9 heteroatoms. The average molecular weight is 468 g/mol. The Labute approximate surface area is 193 Å². The van der Waals surface area contributed by atoms with E-state index in [1.807, 2.05) is 39.0 Å². The van der Waals surface area contributed by atoms with Crippen molar-refractivity contribution in [2.24, 2.45) is 0 Å². The highest BCUT2D eigenvalue weighted by atomic mass is 32.2. The number of nitro benzene ring substituents is 1. The van der Waals surface area contributed by atoms with E-state index in [1.165, 1.54) is 30.3 Å². The van der Waals surface area contributed by atoms with Gasteiger partial charge >= 0.3 is 0 Å². The monoisotopic (exact) mass is 467 g/mol. The van der Waals surface area contributed by atoms with Crippen molar-refractivity contribution >= 4 is 27.3 Å². The number of sulfonamides is 1. The molecule has 0 heterocycles. The van der Waals surface area contributed by atoms with E-state index in [2.05, 4.69) is 5.32 Å². The fraction of sp³-hybridized carbons (Fsp3) is 0.208. The molecule has 0 unspecified atom stereocenters. The zero-order valence-corrected chi connectivity index (χ0v) is 19.4. The number of nitrogens with one attached hydrogen (secondary N) is 1. The number of anilines is 1. The van der Waals surface area contributed by atoms with Crippen LogP contribution in [0.3, 0.4) is 0 Å². The molecule has 0 saturated carbocycles. The SMILES string of the molecule is Cc1ccc([C@H](C)NC(=O)CN(c2cccc([N+](=O)[O-])c2)S(=O)(=O)c2ccccc2)c(C)c1. The summed E-state index contributed by atoms with van der Waals surface area (Å²) in [5, 5.41) is 14.1. The van der Waals surface area contributed by atoms with Gasteiger partial charge in [-0.25, -0.2) is 8.42 Å². The van der Waals surface area contributed by atoms with Crippen molar-refractivity contribution in [3.63, 3.8) is 0 Å². The maximum Gasteiger partial charge on any atom is 0.271 e. The van der Waals surface area contributed by atoms with E-state index in [1.54, 1.807) is 18.2 Å². The Hall–Kier alpha value is -3.72. The van der Waals surface area contributed by atoms with Gasteiger partial charge in [0, 0.05) is 12.1 Å². The van der Waals surface area contributed by atoms with E-state index < -0.39 is 27.4 Å². The predicted octanol–water partition coefficient (Wildman–Crippen LogP) is 4.28. The molecule has 3 aromatic carbocycles. The summed E-state index contributed by atoms with van der Waals surface area (Å²) in [6.45, 7) is 5.21. The predicted molar refractivity (Wildman–Crippen MR) is 127 cm³/mol. The number of carbonyl (C=O) groups excluding carboxylic acids is 1. The molecule has 0 spiro atoms. The molecule has 0 fully saturated rings. The van der Waals surface area contributed by atoms with Crippen LogP contribution in [0.2, 0.25) is 0 Å². The maximum absolute atomic E-state index is 13.4. The van der Waals surface area contributed by atoms with Crippen molar-refractivity contribution in [1.82, 2.24) is 5.32 Å². The Morgan fingerprint density at radius 3 is 2.36 bits per heavy atom. The van der Waals surface area contributed by atoms with Gasteiger partial charge in [-0.15, -0.1) is 0 Å². The van der Waals surface area contributed by atoms with E-state index in [9.17, 15) is 23.3 Å². The number of benzene rings is 3. The van der Waals surface area contributed by atoms with E-state index in [0.717, 1.165) is 27.1 Å². The van der Waals surface area contributed by atoms with E-state index >= 15 is 0 Å². The molecule has 0 aliphatic heterocycles. The lowest BCUT2D eigenvalue weighted by Gasteiger charge is -2.25. The minimum atomic E-state index is -4.16. The highest BCUT2D eigenvalue weighted by Gasteiger charge is 2.28. The molecule has 0 aromatic heterocycles. The molecule has 3 aromatic rings. The van der Waals surface area contributed by atoms with Crippen LogP contribution in [0.15, 0.2) is 77.7 Å². The first kappa shape index (κ1) is 23.9. The minimum absolute atomic E-state index is 0.0215. The summed E-state index contributed by atoms with van der Waals surface area (Å²) in [6, 6.07) is 18.4. The molecule has 0 aliphatic rings. The largest absolute Gasteiger partial charge is 0.348 e. The Morgan fingerprint density at radius 2 is 1.73 bits per heavy atom. The Kier molecular flexibility index (Phi) is 7.13. The Balaban J connectivity index is 1.93. The zero-order chi connectivity index (χ0) is 24.2. The van der Waals surface area contributed by atoms with Crippen molar-refractivity contribution in [3.8, 4) is 0 Å². The smallest absolute Gasteiger partial charge is 0.271 e. The van der Waals surface area contributed by atoms with Gasteiger partial charge in [0.15, 0.2) is 0 Å². The average Bonchev–Trinajstić information content (AvgIpc) is 2.78. The van der Waals surface area contributed by atoms with Crippen LogP contribution < -0.4 is 9.62 Å². The van der Waals surface area contributed by atoms with Gasteiger partial charge in [0.1, 0.15) is 6.54 Å². The summed E-state index contributed by atoms with van der Waals surface area (Å²) in [4.78, 5) is 23.5. The summed E-state index contributed by atoms with van der Waals surface area (Å²) in [6.07, 6.45) is 0. The number of aryl methyl sites for hydroxylation is 2. The topological polar surface area (TPSA) is 110 Å². The molecule has 33 heavy (non-hydrogen) atoms. The van der Waals surface area contributed by atoms with Crippen molar-refractivity contribution < 1.29 is 18.1 Å². The fourth-order valence-electron chi connectivity index (χ4n) is 3.60. The highest BCUT2D eigenvalue weighted by Crippen LogP contribution is 2.27. The molecule has 8 nitrogen and oxygen atoms in total. The first-order valence-electron chi connectivity index (χ1n) is 10.3. The number of hydrogen-bond acceptors (Lipinski definition) is 5. The van der Waals surface area contributed by atoms with Gasteiger partial charge < -0.3 is 5.32 Å². The number of rotatable bonds is 8. The number of carbonyl (C=O) groups is 1. The molecule has 172 valence electrons. The van der Waals surface area contributed by atoms with Gasteiger partial charge in [-0.05, 0) is 50.1 Å². The lowest BCUT2D eigenvalue weighted by Crippen LogP contribution is -2.41. The van der Waals surface area contributed by atoms with E-state index in [0.29, 0.717) is 0 Å². The van der Waals surface area contributed by atoms with Crippen LogP contribution in [0, 0.1) is 24.0 Å². The molecule has 1 amide bonds. The van der Waals surface area contributed by atoms with Crippen LogP contribution >= 0.6 is 0 Å². The van der Waals surface area contributed by atoms with Gasteiger partial charge in [0.05, 0.1) is 21.5 Å². The Morgan fingerprint density at radius 1 is 1.03 bits per heavy atom. The summed E-state index contributed by atoms with van der Waals surface area (Å²) in [7, 11) is -4.16. The van der Waals surface area contributed by atoms with Gasteiger partial charge in [0.25, 0.3) is 15.7 Å². The molecular weight excluding hydrogens is 442 g/mol. The quantitative estimate of drug-likeness (QED) is 0.393. The summed E-state index contributed by atoms with van der Waals surface area (Å²) < 4.78 is 27.6. The Bertz CT molecular complexity index is 1280.